The first-order valence-corrected chi connectivity index (χ1v) is 7.56. The minimum Gasteiger partial charge on any atom is -0.464 e. The van der Waals surface area contributed by atoms with Gasteiger partial charge < -0.3 is 14.1 Å². The first kappa shape index (κ1) is 16.4. The third-order valence-electron chi connectivity index (χ3n) is 3.59. The number of benzene rings is 2. The summed E-state index contributed by atoms with van der Waals surface area (Å²) in [6.07, 6.45) is 0. The van der Waals surface area contributed by atoms with Crippen LogP contribution in [-0.2, 0) is 14.4 Å². The molecular weight excluding hydrogens is 320 g/mol. The Hall–Kier alpha value is -3.41. The number of carbonyl (C=O) groups excluding carboxylic acids is 1. The smallest absolute Gasteiger partial charge is 0.360 e. The van der Waals surface area contributed by atoms with Gasteiger partial charge in [0, 0.05) is 22.8 Å². The molecule has 0 saturated carbocycles. The fraction of sp³-hybridized carbons (Fsp3) is 0.105. The number of methoxy groups -OCH3 is 1. The van der Waals surface area contributed by atoms with E-state index in [0.717, 1.165) is 5.56 Å². The molecule has 3 rings (SSSR count). The molecule has 0 fully saturated rings. The van der Waals surface area contributed by atoms with E-state index in [0.29, 0.717) is 22.6 Å². The van der Waals surface area contributed by atoms with Gasteiger partial charge in [0.25, 0.3) is 0 Å². The second-order valence-corrected chi connectivity index (χ2v) is 5.10. The molecule has 0 spiro atoms. The van der Waals surface area contributed by atoms with Crippen LogP contribution in [0.25, 0.3) is 22.6 Å². The molecule has 25 heavy (non-hydrogen) atoms. The Morgan fingerprint density at radius 2 is 1.76 bits per heavy atom. The van der Waals surface area contributed by atoms with Gasteiger partial charge in [-0.25, -0.2) is 4.79 Å². The van der Waals surface area contributed by atoms with Gasteiger partial charge in [0.1, 0.15) is 12.8 Å². The van der Waals surface area contributed by atoms with Gasteiger partial charge in [0.05, 0.1) is 7.11 Å². The molecule has 0 amide bonds. The van der Waals surface area contributed by atoms with Crippen molar-refractivity contribution >= 4 is 11.7 Å². The Morgan fingerprint density at radius 1 is 1.04 bits per heavy atom. The molecule has 6 nitrogen and oxygen atoms in total. The maximum absolute atomic E-state index is 12.0. The average Bonchev–Trinajstić information content (AvgIpc) is 3.16. The molecule has 6 heteroatoms. The van der Waals surface area contributed by atoms with Crippen molar-refractivity contribution < 1.29 is 18.9 Å². The zero-order valence-corrected chi connectivity index (χ0v) is 13.8. The van der Waals surface area contributed by atoms with Crippen molar-refractivity contribution in [3.05, 3.63) is 66.2 Å². The van der Waals surface area contributed by atoms with Crippen LogP contribution in [0, 0.1) is 0 Å². The summed E-state index contributed by atoms with van der Waals surface area (Å²) in [4.78, 5) is 16.8. The Labute approximate surface area is 144 Å². The molecular formula is C19H16N2O4. The van der Waals surface area contributed by atoms with Crippen LogP contribution in [-0.4, -0.2) is 31.1 Å². The summed E-state index contributed by atoms with van der Waals surface area (Å²) < 4.78 is 10.2. The van der Waals surface area contributed by atoms with Crippen molar-refractivity contribution in [1.29, 1.82) is 0 Å². The minimum absolute atomic E-state index is 0.0601. The standard InChI is InChI=1S/C19H16N2O4/c1-23-19(22)18(21-24-2)15-11-7-6-10-14(15)16-12-17(25-20-16)13-8-4-3-5-9-13/h3-12H,1-2H3. The third-order valence-corrected chi connectivity index (χ3v) is 3.59. The van der Waals surface area contributed by atoms with E-state index in [4.69, 9.17) is 14.1 Å². The van der Waals surface area contributed by atoms with Crippen LogP contribution in [0.5, 0.6) is 0 Å². The molecule has 0 aliphatic heterocycles. The zero-order chi connectivity index (χ0) is 17.6. The van der Waals surface area contributed by atoms with Crippen LogP contribution < -0.4 is 0 Å². The molecule has 3 aromatic rings. The van der Waals surface area contributed by atoms with Crippen molar-refractivity contribution in [2.75, 3.05) is 14.2 Å². The molecule has 126 valence electrons. The second kappa shape index (κ2) is 7.44. The van der Waals surface area contributed by atoms with Gasteiger partial charge in [-0.1, -0.05) is 64.9 Å². The minimum atomic E-state index is -0.596. The lowest BCUT2D eigenvalue weighted by atomic mass is 10.00. The zero-order valence-electron chi connectivity index (χ0n) is 13.8. The van der Waals surface area contributed by atoms with Gasteiger partial charge in [-0.2, -0.15) is 0 Å². The van der Waals surface area contributed by atoms with E-state index in [1.807, 2.05) is 48.5 Å². The highest BCUT2D eigenvalue weighted by Gasteiger charge is 2.21. The number of ether oxygens (including phenoxy) is 1. The molecule has 0 unspecified atom stereocenters. The number of oxime groups is 1. The maximum atomic E-state index is 12.0. The summed E-state index contributed by atoms with van der Waals surface area (Å²) in [5.74, 6) is 0.0368. The van der Waals surface area contributed by atoms with Crippen molar-refractivity contribution in [3.63, 3.8) is 0 Å². The quantitative estimate of drug-likeness (QED) is 0.405. The lowest BCUT2D eigenvalue weighted by molar-refractivity contribution is -0.132. The SMILES string of the molecule is CON=C(C(=O)OC)c1ccccc1-c1cc(-c2ccccc2)on1. The number of rotatable bonds is 5. The van der Waals surface area contributed by atoms with E-state index in [-0.39, 0.29) is 5.71 Å². The van der Waals surface area contributed by atoms with Crippen molar-refractivity contribution in [2.24, 2.45) is 5.16 Å². The largest absolute Gasteiger partial charge is 0.464 e. The van der Waals surface area contributed by atoms with Crippen LogP contribution >= 0.6 is 0 Å². The van der Waals surface area contributed by atoms with E-state index in [1.165, 1.54) is 14.2 Å². The summed E-state index contributed by atoms with van der Waals surface area (Å²) in [6.45, 7) is 0. The monoisotopic (exact) mass is 336 g/mol. The van der Waals surface area contributed by atoms with E-state index >= 15 is 0 Å². The van der Waals surface area contributed by atoms with Crippen LogP contribution in [0.3, 0.4) is 0 Å². The molecule has 0 N–H and O–H groups in total. The van der Waals surface area contributed by atoms with Gasteiger partial charge in [-0.15, -0.1) is 0 Å². The molecule has 0 atom stereocenters. The van der Waals surface area contributed by atoms with Crippen LogP contribution in [0.1, 0.15) is 5.56 Å². The molecule has 0 radical (unpaired) electrons. The topological polar surface area (TPSA) is 73.9 Å². The summed E-state index contributed by atoms with van der Waals surface area (Å²) in [5, 5.41) is 7.93. The van der Waals surface area contributed by atoms with Gasteiger partial charge in [0.15, 0.2) is 11.5 Å². The fourth-order valence-corrected chi connectivity index (χ4v) is 2.44. The lowest BCUT2D eigenvalue weighted by Crippen LogP contribution is -2.18. The van der Waals surface area contributed by atoms with Gasteiger partial charge >= 0.3 is 5.97 Å². The first-order chi connectivity index (χ1) is 12.2. The lowest BCUT2D eigenvalue weighted by Gasteiger charge is -2.07. The highest BCUT2D eigenvalue weighted by molar-refractivity contribution is 6.44. The van der Waals surface area contributed by atoms with E-state index in [1.54, 1.807) is 12.1 Å². The van der Waals surface area contributed by atoms with Crippen LogP contribution in [0.4, 0.5) is 0 Å². The number of esters is 1. The number of hydrogen-bond donors (Lipinski definition) is 0. The van der Waals surface area contributed by atoms with Crippen molar-refractivity contribution in [3.8, 4) is 22.6 Å². The van der Waals surface area contributed by atoms with Gasteiger partial charge in [0.2, 0.25) is 0 Å². The number of hydrogen-bond acceptors (Lipinski definition) is 6. The molecule has 0 aliphatic rings. The Balaban J connectivity index is 2.06. The molecule has 0 saturated heterocycles. The summed E-state index contributed by atoms with van der Waals surface area (Å²) in [6, 6.07) is 18.7. The number of nitrogens with zero attached hydrogens (tertiary/aromatic N) is 2. The van der Waals surface area contributed by atoms with Gasteiger partial charge in [-0.05, 0) is 0 Å². The molecule has 1 heterocycles. The maximum Gasteiger partial charge on any atom is 0.360 e. The molecule has 1 aromatic heterocycles. The Bertz CT molecular complexity index is 901. The molecule has 0 bridgehead atoms. The van der Waals surface area contributed by atoms with E-state index in [2.05, 4.69) is 10.3 Å². The molecule has 2 aromatic carbocycles. The first-order valence-electron chi connectivity index (χ1n) is 7.56. The predicted molar refractivity (Wildman–Crippen MR) is 92.9 cm³/mol. The van der Waals surface area contributed by atoms with Crippen molar-refractivity contribution in [2.45, 2.75) is 0 Å². The Morgan fingerprint density at radius 3 is 2.48 bits per heavy atom. The van der Waals surface area contributed by atoms with Gasteiger partial charge in [-0.3, -0.25) is 0 Å². The Kier molecular flexibility index (Phi) is 4.89. The summed E-state index contributed by atoms with van der Waals surface area (Å²) in [7, 11) is 2.66. The number of aromatic nitrogens is 1. The highest BCUT2D eigenvalue weighted by Crippen LogP contribution is 2.28. The van der Waals surface area contributed by atoms with E-state index in [9.17, 15) is 4.79 Å². The summed E-state index contributed by atoms with van der Waals surface area (Å²) in [5.41, 5.74) is 2.79. The molecule has 0 aliphatic carbocycles. The fourth-order valence-electron chi connectivity index (χ4n) is 2.44. The number of carbonyl (C=O) groups is 1. The normalized spacial score (nSPS) is 11.2. The van der Waals surface area contributed by atoms with E-state index < -0.39 is 5.97 Å². The van der Waals surface area contributed by atoms with Crippen LogP contribution in [0.15, 0.2) is 70.3 Å². The highest BCUT2D eigenvalue weighted by atomic mass is 16.6. The van der Waals surface area contributed by atoms with Crippen LogP contribution in [0.2, 0.25) is 0 Å². The summed E-state index contributed by atoms with van der Waals surface area (Å²) >= 11 is 0. The predicted octanol–water partition coefficient (Wildman–Crippen LogP) is 3.53. The average molecular weight is 336 g/mol. The second-order valence-electron chi connectivity index (χ2n) is 5.10. The van der Waals surface area contributed by atoms with Crippen molar-refractivity contribution in [1.82, 2.24) is 5.16 Å². The third kappa shape index (κ3) is 3.42.